The third-order valence-corrected chi connectivity index (χ3v) is 3.55. The summed E-state index contributed by atoms with van der Waals surface area (Å²) in [4.78, 5) is 22.7. The number of anilines is 1. The zero-order valence-electron chi connectivity index (χ0n) is 12.9. The number of rotatable bonds is 8. The lowest BCUT2D eigenvalue weighted by Gasteiger charge is -2.16. The number of aryl methyl sites for hydroxylation is 1. The lowest BCUT2D eigenvalue weighted by molar-refractivity contribution is 0.0695. The van der Waals surface area contributed by atoms with Gasteiger partial charge in [0.2, 0.25) is 0 Å². The first kappa shape index (κ1) is 17.0. The van der Waals surface area contributed by atoms with Crippen molar-refractivity contribution in [1.29, 1.82) is 0 Å². The molecule has 116 valence electrons. The predicted octanol–water partition coefficient (Wildman–Crippen LogP) is 3.03. The van der Waals surface area contributed by atoms with Crippen molar-refractivity contribution >= 4 is 17.6 Å². The lowest BCUT2D eigenvalue weighted by Crippen LogP contribution is -2.19. The molecule has 0 spiro atoms. The number of hydrogen-bond acceptors (Lipinski definition) is 3. The number of amides is 1. The molecule has 5 heteroatoms. The minimum Gasteiger partial charge on any atom is -0.478 e. The maximum atomic E-state index is 11.5. The highest BCUT2D eigenvalue weighted by Gasteiger charge is 2.15. The molecule has 0 fully saturated rings. The summed E-state index contributed by atoms with van der Waals surface area (Å²) in [6, 6.07) is 3.02. The summed E-state index contributed by atoms with van der Waals surface area (Å²) in [6.45, 7) is 6.61. The number of nitrogens with one attached hydrogen (secondary N) is 1. The van der Waals surface area contributed by atoms with Crippen LogP contribution in [0.2, 0.25) is 0 Å². The van der Waals surface area contributed by atoms with Crippen LogP contribution in [0.3, 0.4) is 0 Å². The molecule has 21 heavy (non-hydrogen) atoms. The normalized spacial score (nSPS) is 12.0. The van der Waals surface area contributed by atoms with Gasteiger partial charge in [0, 0.05) is 12.2 Å². The third kappa shape index (κ3) is 4.77. The smallest absolute Gasteiger partial charge is 0.336 e. The van der Waals surface area contributed by atoms with E-state index in [1.54, 1.807) is 6.92 Å². The third-order valence-electron chi connectivity index (χ3n) is 3.55. The van der Waals surface area contributed by atoms with Crippen molar-refractivity contribution in [2.75, 3.05) is 11.9 Å². The summed E-state index contributed by atoms with van der Waals surface area (Å²) in [6.07, 6.45) is 3.39. The van der Waals surface area contributed by atoms with Crippen molar-refractivity contribution in [3.63, 3.8) is 0 Å². The molecular weight excluding hydrogens is 268 g/mol. The van der Waals surface area contributed by atoms with E-state index >= 15 is 0 Å². The number of carboxylic acid groups (broad SMARTS) is 1. The van der Waals surface area contributed by atoms with Crippen molar-refractivity contribution in [3.8, 4) is 0 Å². The van der Waals surface area contributed by atoms with E-state index < -0.39 is 11.9 Å². The van der Waals surface area contributed by atoms with Gasteiger partial charge in [0.1, 0.15) is 0 Å². The van der Waals surface area contributed by atoms with E-state index in [0.29, 0.717) is 29.3 Å². The monoisotopic (exact) mass is 292 g/mol. The molecule has 0 bridgehead atoms. The van der Waals surface area contributed by atoms with Gasteiger partial charge in [0.05, 0.1) is 11.1 Å². The Morgan fingerprint density at radius 3 is 2.52 bits per heavy atom. The first-order valence-electron chi connectivity index (χ1n) is 7.28. The maximum absolute atomic E-state index is 11.5. The van der Waals surface area contributed by atoms with Crippen LogP contribution in [0.5, 0.6) is 0 Å². The molecule has 0 aliphatic heterocycles. The van der Waals surface area contributed by atoms with Crippen LogP contribution < -0.4 is 11.1 Å². The van der Waals surface area contributed by atoms with Crippen molar-refractivity contribution in [2.45, 2.75) is 40.0 Å². The summed E-state index contributed by atoms with van der Waals surface area (Å²) >= 11 is 0. The summed E-state index contributed by atoms with van der Waals surface area (Å²) in [5, 5.41) is 12.3. The van der Waals surface area contributed by atoms with Crippen LogP contribution >= 0.6 is 0 Å². The fourth-order valence-electron chi connectivity index (χ4n) is 2.23. The fraction of sp³-hybridized carbons (Fsp3) is 0.500. The van der Waals surface area contributed by atoms with E-state index in [0.717, 1.165) is 19.3 Å². The van der Waals surface area contributed by atoms with Crippen LogP contribution in [0, 0.1) is 12.8 Å². The molecule has 0 saturated carbocycles. The summed E-state index contributed by atoms with van der Waals surface area (Å²) in [7, 11) is 0. The van der Waals surface area contributed by atoms with Crippen LogP contribution in [0.4, 0.5) is 5.69 Å². The van der Waals surface area contributed by atoms with Gasteiger partial charge in [-0.3, -0.25) is 4.79 Å². The van der Waals surface area contributed by atoms with Crippen molar-refractivity contribution in [1.82, 2.24) is 0 Å². The number of nitrogens with two attached hydrogens (primary N) is 1. The molecule has 0 saturated heterocycles. The maximum Gasteiger partial charge on any atom is 0.336 e. The minimum atomic E-state index is -1.01. The number of carboxylic acids is 1. The number of carbonyl (C=O) groups is 2. The van der Waals surface area contributed by atoms with Crippen LogP contribution in [0.1, 0.15) is 59.4 Å². The first-order valence-corrected chi connectivity index (χ1v) is 7.28. The molecule has 1 unspecified atom stereocenters. The van der Waals surface area contributed by atoms with Gasteiger partial charge in [-0.15, -0.1) is 0 Å². The molecule has 0 aliphatic carbocycles. The average Bonchev–Trinajstić information content (AvgIpc) is 2.42. The molecule has 0 radical (unpaired) electrons. The lowest BCUT2D eigenvalue weighted by atomic mass is 10.0. The van der Waals surface area contributed by atoms with Gasteiger partial charge >= 0.3 is 5.97 Å². The second kappa shape index (κ2) is 7.67. The van der Waals surface area contributed by atoms with Crippen LogP contribution in [-0.4, -0.2) is 23.5 Å². The highest BCUT2D eigenvalue weighted by Crippen LogP contribution is 2.22. The number of carbonyl (C=O) groups excluding carboxylic acids is 1. The quantitative estimate of drug-likeness (QED) is 0.686. The van der Waals surface area contributed by atoms with Crippen LogP contribution in [-0.2, 0) is 0 Å². The molecule has 1 rings (SSSR count). The Labute approximate surface area is 125 Å². The SMILES string of the molecule is CCCCC(C)CNc1cc(C(=O)O)c(C)cc1C(N)=O. The Kier molecular flexibility index (Phi) is 6.21. The number of hydrogen-bond donors (Lipinski definition) is 3. The average molecular weight is 292 g/mol. The molecule has 0 aliphatic rings. The molecule has 5 nitrogen and oxygen atoms in total. The van der Waals surface area contributed by atoms with E-state index in [9.17, 15) is 9.59 Å². The number of unbranched alkanes of at least 4 members (excludes halogenated alkanes) is 1. The van der Waals surface area contributed by atoms with E-state index in [4.69, 9.17) is 10.8 Å². The molecule has 1 amide bonds. The summed E-state index contributed by atoms with van der Waals surface area (Å²) in [5.74, 6) is -1.12. The Bertz CT molecular complexity index is 526. The van der Waals surface area contributed by atoms with Crippen LogP contribution in [0.25, 0.3) is 0 Å². The van der Waals surface area contributed by atoms with E-state index in [-0.39, 0.29) is 5.56 Å². The number of aromatic carboxylic acids is 1. The standard InChI is InChI=1S/C16H24N2O3/c1-4-5-6-10(2)9-18-14-8-12(16(20)21)11(3)7-13(14)15(17)19/h7-8,10,18H,4-6,9H2,1-3H3,(H2,17,19)(H,20,21). The van der Waals surface area contributed by atoms with Gasteiger partial charge < -0.3 is 16.2 Å². The highest BCUT2D eigenvalue weighted by atomic mass is 16.4. The van der Waals surface area contributed by atoms with E-state index in [2.05, 4.69) is 19.2 Å². The fourth-order valence-corrected chi connectivity index (χ4v) is 2.23. The van der Waals surface area contributed by atoms with Gasteiger partial charge in [-0.25, -0.2) is 4.79 Å². The molecule has 0 aromatic heterocycles. The molecule has 1 atom stereocenters. The minimum absolute atomic E-state index is 0.184. The summed E-state index contributed by atoms with van der Waals surface area (Å²) < 4.78 is 0. The van der Waals surface area contributed by atoms with Crippen molar-refractivity contribution in [2.24, 2.45) is 11.7 Å². The Morgan fingerprint density at radius 1 is 1.33 bits per heavy atom. The van der Waals surface area contributed by atoms with Crippen molar-refractivity contribution in [3.05, 3.63) is 28.8 Å². The molecule has 4 N–H and O–H groups in total. The second-order valence-electron chi connectivity index (χ2n) is 5.51. The zero-order chi connectivity index (χ0) is 16.0. The Hall–Kier alpha value is -2.04. The van der Waals surface area contributed by atoms with Gasteiger partial charge in [0.25, 0.3) is 5.91 Å². The molecule has 1 aromatic carbocycles. The number of benzene rings is 1. The van der Waals surface area contributed by atoms with Crippen molar-refractivity contribution < 1.29 is 14.7 Å². The van der Waals surface area contributed by atoms with Gasteiger partial charge in [-0.1, -0.05) is 26.7 Å². The van der Waals surface area contributed by atoms with E-state index in [1.807, 2.05) is 0 Å². The zero-order valence-corrected chi connectivity index (χ0v) is 12.9. The molecule has 1 aromatic rings. The predicted molar refractivity (Wildman–Crippen MR) is 83.8 cm³/mol. The van der Waals surface area contributed by atoms with Crippen LogP contribution in [0.15, 0.2) is 12.1 Å². The molecular formula is C16H24N2O3. The largest absolute Gasteiger partial charge is 0.478 e. The van der Waals surface area contributed by atoms with Gasteiger partial charge in [-0.05, 0) is 37.0 Å². The Balaban J connectivity index is 2.95. The Morgan fingerprint density at radius 2 is 2.00 bits per heavy atom. The second-order valence-corrected chi connectivity index (χ2v) is 5.51. The number of primary amides is 1. The van der Waals surface area contributed by atoms with Gasteiger partial charge in [-0.2, -0.15) is 0 Å². The summed E-state index contributed by atoms with van der Waals surface area (Å²) in [5.41, 5.74) is 6.91. The highest BCUT2D eigenvalue weighted by molar-refractivity contribution is 6.01. The topological polar surface area (TPSA) is 92.4 Å². The first-order chi connectivity index (χ1) is 9.86. The molecule has 0 heterocycles. The van der Waals surface area contributed by atoms with Gasteiger partial charge in [0.15, 0.2) is 0 Å². The van der Waals surface area contributed by atoms with E-state index in [1.165, 1.54) is 12.1 Å².